The van der Waals surface area contributed by atoms with Gasteiger partial charge in [0.05, 0.1) is 6.04 Å². The number of rotatable bonds is 4. The molecular weight excluding hydrogens is 312 g/mol. The number of nitrogens with one attached hydrogen (secondary N) is 1. The molecule has 2 aliphatic heterocycles. The maximum Gasteiger partial charge on any atom is 0.239 e. The fourth-order valence-electron chi connectivity index (χ4n) is 4.38. The number of hydrogen-bond donors (Lipinski definition) is 2. The van der Waals surface area contributed by atoms with Crippen LogP contribution in [0, 0.1) is 0 Å². The van der Waals surface area contributed by atoms with Gasteiger partial charge in [-0.1, -0.05) is 24.6 Å². The molecule has 4 rings (SSSR count). The molecule has 0 bridgehead atoms. The molecule has 3 N–H and O–H groups in total. The van der Waals surface area contributed by atoms with Crippen LogP contribution in [0.4, 0.5) is 0 Å². The Hall–Kier alpha value is -1.85. The first-order valence-corrected chi connectivity index (χ1v) is 9.56. The summed E-state index contributed by atoms with van der Waals surface area (Å²) in [5.74, 6) is 0.102. The lowest BCUT2D eigenvalue weighted by Crippen LogP contribution is -2.46. The van der Waals surface area contributed by atoms with E-state index in [1.165, 1.54) is 37.7 Å². The highest BCUT2D eigenvalue weighted by Crippen LogP contribution is 2.22. The molecule has 2 aromatic rings. The van der Waals surface area contributed by atoms with E-state index in [0.29, 0.717) is 12.5 Å². The van der Waals surface area contributed by atoms with Crippen LogP contribution < -0.4 is 5.73 Å². The van der Waals surface area contributed by atoms with Crippen LogP contribution in [0.3, 0.4) is 0 Å². The highest BCUT2D eigenvalue weighted by molar-refractivity contribution is 5.86. The highest BCUT2D eigenvalue weighted by atomic mass is 16.2. The van der Waals surface area contributed by atoms with Crippen molar-refractivity contribution < 1.29 is 4.79 Å². The summed E-state index contributed by atoms with van der Waals surface area (Å²) in [4.78, 5) is 20.6. The van der Waals surface area contributed by atoms with E-state index < -0.39 is 6.04 Å². The van der Waals surface area contributed by atoms with Crippen molar-refractivity contribution in [1.29, 1.82) is 0 Å². The van der Waals surface area contributed by atoms with Crippen molar-refractivity contribution in [2.24, 2.45) is 5.73 Å². The number of para-hydroxylation sites is 1. The van der Waals surface area contributed by atoms with Gasteiger partial charge in [0, 0.05) is 36.2 Å². The van der Waals surface area contributed by atoms with E-state index in [4.69, 9.17) is 5.73 Å². The maximum atomic E-state index is 12.8. The Kier molecular flexibility index (Phi) is 4.77. The fourth-order valence-corrected chi connectivity index (χ4v) is 4.38. The number of hydrogen-bond acceptors (Lipinski definition) is 3. The Morgan fingerprint density at radius 1 is 1.20 bits per heavy atom. The lowest BCUT2D eigenvalue weighted by Gasteiger charge is -2.32. The van der Waals surface area contributed by atoms with Gasteiger partial charge in [-0.25, -0.2) is 0 Å². The minimum atomic E-state index is -0.459. The Balaban J connectivity index is 1.37. The van der Waals surface area contributed by atoms with E-state index in [9.17, 15) is 4.79 Å². The molecule has 25 heavy (non-hydrogen) atoms. The summed E-state index contributed by atoms with van der Waals surface area (Å²) in [6, 6.07) is 8.25. The summed E-state index contributed by atoms with van der Waals surface area (Å²) < 4.78 is 0. The molecule has 2 fully saturated rings. The van der Waals surface area contributed by atoms with Gasteiger partial charge in [-0.2, -0.15) is 0 Å². The second-order valence-electron chi connectivity index (χ2n) is 7.49. The Morgan fingerprint density at radius 2 is 2.00 bits per heavy atom. The molecule has 2 saturated heterocycles. The average molecular weight is 340 g/mol. The predicted octanol–water partition coefficient (Wildman–Crippen LogP) is 2.12. The largest absolute Gasteiger partial charge is 0.361 e. The van der Waals surface area contributed by atoms with Crippen molar-refractivity contribution in [2.75, 3.05) is 26.2 Å². The van der Waals surface area contributed by atoms with Crippen molar-refractivity contribution in [2.45, 2.75) is 44.2 Å². The first-order valence-electron chi connectivity index (χ1n) is 9.56. The molecule has 1 aromatic heterocycles. The van der Waals surface area contributed by atoms with Crippen LogP contribution in [0.25, 0.3) is 10.9 Å². The molecular formula is C20H28N4O. The van der Waals surface area contributed by atoms with Crippen LogP contribution in [-0.4, -0.2) is 59.0 Å². The maximum absolute atomic E-state index is 12.8. The van der Waals surface area contributed by atoms with Gasteiger partial charge in [-0.3, -0.25) is 9.69 Å². The zero-order valence-electron chi connectivity index (χ0n) is 14.8. The second kappa shape index (κ2) is 7.18. The number of piperidine rings is 1. The molecule has 0 radical (unpaired) electrons. The molecule has 3 heterocycles. The number of aromatic amines is 1. The van der Waals surface area contributed by atoms with E-state index in [1.54, 1.807) is 0 Å². The van der Waals surface area contributed by atoms with Gasteiger partial charge in [0.15, 0.2) is 0 Å². The second-order valence-corrected chi connectivity index (χ2v) is 7.49. The minimum Gasteiger partial charge on any atom is -0.361 e. The van der Waals surface area contributed by atoms with Gasteiger partial charge in [-0.05, 0) is 50.4 Å². The molecule has 5 nitrogen and oxygen atoms in total. The molecule has 1 amide bonds. The topological polar surface area (TPSA) is 65.4 Å². The number of nitrogens with two attached hydrogens (primary N) is 1. The standard InChI is InChI=1S/C20H28N4O/c21-18(12-15-13-22-19-7-3-2-6-17(15)19)20(25)24-11-8-16(14-24)23-9-4-1-5-10-23/h2-3,6-7,13,16,18,22H,1,4-5,8-12,14,21H2/t16?,18-/m0/s1. The van der Waals surface area contributed by atoms with Gasteiger partial charge in [0.2, 0.25) is 5.91 Å². The van der Waals surface area contributed by atoms with Crippen molar-refractivity contribution in [3.8, 4) is 0 Å². The van der Waals surface area contributed by atoms with Gasteiger partial charge >= 0.3 is 0 Å². The summed E-state index contributed by atoms with van der Waals surface area (Å²) in [6.07, 6.45) is 7.61. The van der Waals surface area contributed by atoms with E-state index in [-0.39, 0.29) is 5.91 Å². The van der Waals surface area contributed by atoms with Crippen LogP contribution in [-0.2, 0) is 11.2 Å². The zero-order chi connectivity index (χ0) is 17.2. The fraction of sp³-hybridized carbons (Fsp3) is 0.550. The summed E-state index contributed by atoms with van der Waals surface area (Å²) in [5, 5.41) is 1.17. The monoisotopic (exact) mass is 340 g/mol. The zero-order valence-corrected chi connectivity index (χ0v) is 14.8. The minimum absolute atomic E-state index is 0.102. The van der Waals surface area contributed by atoms with Crippen molar-refractivity contribution >= 4 is 16.8 Å². The summed E-state index contributed by atoms with van der Waals surface area (Å²) >= 11 is 0. The number of carbonyl (C=O) groups excluding carboxylic acids is 1. The normalized spacial score (nSPS) is 23.2. The molecule has 1 aromatic carbocycles. The lowest BCUT2D eigenvalue weighted by atomic mass is 10.0. The Labute approximate surface area is 149 Å². The molecule has 0 saturated carbocycles. The molecule has 134 valence electrons. The summed E-state index contributed by atoms with van der Waals surface area (Å²) in [6.45, 7) is 4.07. The smallest absolute Gasteiger partial charge is 0.239 e. The highest BCUT2D eigenvalue weighted by Gasteiger charge is 2.33. The quantitative estimate of drug-likeness (QED) is 0.896. The average Bonchev–Trinajstić information content (AvgIpc) is 3.30. The molecule has 0 aliphatic carbocycles. The number of aromatic nitrogens is 1. The van der Waals surface area contributed by atoms with Gasteiger partial charge in [-0.15, -0.1) is 0 Å². The van der Waals surface area contributed by atoms with Crippen LogP contribution >= 0.6 is 0 Å². The van der Waals surface area contributed by atoms with Gasteiger partial charge in [0.25, 0.3) is 0 Å². The molecule has 0 spiro atoms. The molecule has 5 heteroatoms. The Morgan fingerprint density at radius 3 is 2.84 bits per heavy atom. The predicted molar refractivity (Wildman–Crippen MR) is 100 cm³/mol. The summed E-state index contributed by atoms with van der Waals surface area (Å²) in [5.41, 5.74) is 8.51. The van der Waals surface area contributed by atoms with Gasteiger partial charge < -0.3 is 15.6 Å². The number of fused-ring (bicyclic) bond motifs is 1. The number of nitrogens with zero attached hydrogens (tertiary/aromatic N) is 2. The first kappa shape index (κ1) is 16.6. The van der Waals surface area contributed by atoms with Crippen molar-refractivity contribution in [1.82, 2.24) is 14.8 Å². The third-order valence-corrected chi connectivity index (χ3v) is 5.81. The van der Waals surface area contributed by atoms with Gasteiger partial charge in [0.1, 0.15) is 0 Å². The van der Waals surface area contributed by atoms with Crippen LogP contribution in [0.15, 0.2) is 30.5 Å². The lowest BCUT2D eigenvalue weighted by molar-refractivity contribution is -0.131. The summed E-state index contributed by atoms with van der Waals surface area (Å²) in [7, 11) is 0. The first-order chi connectivity index (χ1) is 12.2. The number of amides is 1. The van der Waals surface area contributed by atoms with Crippen LogP contribution in [0.2, 0.25) is 0 Å². The molecule has 2 aliphatic rings. The van der Waals surface area contributed by atoms with Crippen LogP contribution in [0.1, 0.15) is 31.2 Å². The number of likely N-dealkylation sites (tertiary alicyclic amines) is 2. The molecule has 1 unspecified atom stereocenters. The van der Waals surface area contributed by atoms with Crippen molar-refractivity contribution in [3.05, 3.63) is 36.0 Å². The van der Waals surface area contributed by atoms with E-state index in [0.717, 1.165) is 30.6 Å². The van der Waals surface area contributed by atoms with E-state index in [1.807, 2.05) is 23.2 Å². The van der Waals surface area contributed by atoms with E-state index >= 15 is 0 Å². The Bertz CT molecular complexity index is 734. The SMILES string of the molecule is N[C@@H](Cc1c[nH]c2ccccc12)C(=O)N1CCC(N2CCCCC2)C1. The number of benzene rings is 1. The van der Waals surface area contributed by atoms with E-state index in [2.05, 4.69) is 22.0 Å². The van der Waals surface area contributed by atoms with Crippen molar-refractivity contribution in [3.63, 3.8) is 0 Å². The number of carbonyl (C=O) groups is 1. The third-order valence-electron chi connectivity index (χ3n) is 5.81. The number of H-pyrrole nitrogens is 1. The molecule has 2 atom stereocenters. The third kappa shape index (κ3) is 3.44. The van der Waals surface area contributed by atoms with Crippen LogP contribution in [0.5, 0.6) is 0 Å².